The first-order valence-corrected chi connectivity index (χ1v) is 5.77. The summed E-state index contributed by atoms with van der Waals surface area (Å²) in [4.78, 5) is 0. The van der Waals surface area contributed by atoms with Crippen LogP contribution in [0.15, 0.2) is 23.8 Å². The standard InChI is InChI=1S/C12H16F3NO/c1-8-7-17-11(6-16-8)9-3-2-4-10(5-9)12(13,14)15/h2,4-5,8-9,11,16H,3,6-7H2,1H3/t8-,9?,11-/m1/s1. The molecule has 1 heterocycles. The first-order chi connectivity index (χ1) is 7.97. The summed E-state index contributed by atoms with van der Waals surface area (Å²) in [6.07, 6.45) is 0.214. The van der Waals surface area contributed by atoms with Gasteiger partial charge < -0.3 is 10.1 Å². The summed E-state index contributed by atoms with van der Waals surface area (Å²) >= 11 is 0. The predicted molar refractivity (Wildman–Crippen MR) is 58.6 cm³/mol. The first kappa shape index (κ1) is 12.6. The fourth-order valence-corrected chi connectivity index (χ4v) is 2.13. The lowest BCUT2D eigenvalue weighted by Crippen LogP contribution is -2.47. The van der Waals surface area contributed by atoms with Crippen molar-refractivity contribution < 1.29 is 17.9 Å². The molecule has 1 N–H and O–H groups in total. The second-order valence-corrected chi connectivity index (χ2v) is 4.60. The average molecular weight is 247 g/mol. The number of ether oxygens (including phenoxy) is 1. The lowest BCUT2D eigenvalue weighted by Gasteiger charge is -2.33. The van der Waals surface area contributed by atoms with Crippen LogP contribution < -0.4 is 5.32 Å². The molecule has 0 spiro atoms. The lowest BCUT2D eigenvalue weighted by atomic mass is 9.90. The molecule has 1 saturated heterocycles. The van der Waals surface area contributed by atoms with Crippen LogP contribution >= 0.6 is 0 Å². The SMILES string of the molecule is C[C@@H]1CO[C@@H](C2C=C(C(F)(F)F)C=CC2)CN1. The molecule has 0 radical (unpaired) electrons. The molecule has 5 heteroatoms. The number of hydrogen-bond donors (Lipinski definition) is 1. The molecule has 1 aliphatic carbocycles. The van der Waals surface area contributed by atoms with E-state index >= 15 is 0 Å². The fourth-order valence-electron chi connectivity index (χ4n) is 2.13. The Kier molecular flexibility index (Phi) is 3.58. The highest BCUT2D eigenvalue weighted by Gasteiger charge is 2.35. The minimum absolute atomic E-state index is 0.159. The van der Waals surface area contributed by atoms with Gasteiger partial charge in [-0.1, -0.05) is 18.2 Å². The third-order valence-corrected chi connectivity index (χ3v) is 3.13. The maximum Gasteiger partial charge on any atom is 0.416 e. The molecule has 0 aromatic carbocycles. The van der Waals surface area contributed by atoms with E-state index in [1.165, 1.54) is 6.08 Å². The lowest BCUT2D eigenvalue weighted by molar-refractivity contribution is -0.0898. The van der Waals surface area contributed by atoms with Gasteiger partial charge in [-0.2, -0.15) is 13.2 Å². The van der Waals surface area contributed by atoms with E-state index in [2.05, 4.69) is 5.32 Å². The fraction of sp³-hybridized carbons (Fsp3) is 0.667. The Labute approximate surface area is 98.5 Å². The van der Waals surface area contributed by atoms with Gasteiger partial charge in [-0.05, 0) is 13.3 Å². The van der Waals surface area contributed by atoms with Crippen LogP contribution in [-0.2, 0) is 4.74 Å². The van der Waals surface area contributed by atoms with Crippen molar-refractivity contribution in [2.75, 3.05) is 13.2 Å². The zero-order chi connectivity index (χ0) is 12.5. The highest BCUT2D eigenvalue weighted by atomic mass is 19.4. The van der Waals surface area contributed by atoms with Gasteiger partial charge in [0.25, 0.3) is 0 Å². The Hall–Kier alpha value is -0.810. The second-order valence-electron chi connectivity index (χ2n) is 4.60. The van der Waals surface area contributed by atoms with E-state index in [0.29, 0.717) is 19.6 Å². The maximum atomic E-state index is 12.6. The number of alkyl halides is 3. The van der Waals surface area contributed by atoms with E-state index in [9.17, 15) is 13.2 Å². The summed E-state index contributed by atoms with van der Waals surface area (Å²) in [6, 6.07) is 0.274. The van der Waals surface area contributed by atoms with Crippen LogP contribution in [0, 0.1) is 5.92 Å². The molecule has 2 nitrogen and oxygen atoms in total. The van der Waals surface area contributed by atoms with Crippen molar-refractivity contribution in [3.05, 3.63) is 23.8 Å². The number of rotatable bonds is 1. The molecule has 1 unspecified atom stereocenters. The highest BCUT2D eigenvalue weighted by Crippen LogP contribution is 2.33. The normalized spacial score (nSPS) is 34.6. The maximum absolute atomic E-state index is 12.6. The van der Waals surface area contributed by atoms with Crippen molar-refractivity contribution in [3.8, 4) is 0 Å². The first-order valence-electron chi connectivity index (χ1n) is 5.77. The molecule has 17 heavy (non-hydrogen) atoms. The zero-order valence-electron chi connectivity index (χ0n) is 9.63. The second kappa shape index (κ2) is 4.82. The summed E-state index contributed by atoms with van der Waals surface area (Å²) in [5.74, 6) is -0.184. The quantitative estimate of drug-likeness (QED) is 0.768. The number of allylic oxidation sites excluding steroid dienone is 3. The van der Waals surface area contributed by atoms with E-state index < -0.39 is 11.7 Å². The van der Waals surface area contributed by atoms with Crippen LogP contribution in [0.25, 0.3) is 0 Å². The van der Waals surface area contributed by atoms with Crippen LogP contribution in [0.2, 0.25) is 0 Å². The Morgan fingerprint density at radius 1 is 1.41 bits per heavy atom. The number of hydrogen-bond acceptors (Lipinski definition) is 2. The number of morpholine rings is 1. The highest BCUT2D eigenvalue weighted by molar-refractivity contribution is 5.28. The smallest absolute Gasteiger partial charge is 0.375 e. The molecule has 3 atom stereocenters. The summed E-state index contributed by atoms with van der Waals surface area (Å²) in [6.45, 7) is 3.16. The molecule has 96 valence electrons. The average Bonchev–Trinajstić information content (AvgIpc) is 2.29. The summed E-state index contributed by atoms with van der Waals surface area (Å²) in [5.41, 5.74) is -0.559. The molecule has 2 rings (SSSR count). The van der Waals surface area contributed by atoms with Crippen molar-refractivity contribution in [1.29, 1.82) is 0 Å². The molecule has 1 aliphatic heterocycles. The van der Waals surface area contributed by atoms with E-state index in [1.54, 1.807) is 6.08 Å². The minimum atomic E-state index is -4.26. The van der Waals surface area contributed by atoms with Gasteiger partial charge >= 0.3 is 6.18 Å². The molecule has 0 amide bonds. The monoisotopic (exact) mass is 247 g/mol. The molecule has 0 aromatic rings. The Balaban J connectivity index is 2.03. The van der Waals surface area contributed by atoms with Crippen LogP contribution in [0.3, 0.4) is 0 Å². The topological polar surface area (TPSA) is 21.3 Å². The van der Waals surface area contributed by atoms with Crippen molar-refractivity contribution in [2.24, 2.45) is 5.92 Å². The summed E-state index contributed by atoms with van der Waals surface area (Å²) in [7, 11) is 0. The van der Waals surface area contributed by atoms with Gasteiger partial charge in [0, 0.05) is 18.5 Å². The Morgan fingerprint density at radius 3 is 2.76 bits per heavy atom. The summed E-state index contributed by atoms with van der Waals surface area (Å²) in [5, 5.41) is 3.22. The third kappa shape index (κ3) is 3.10. The van der Waals surface area contributed by atoms with Crippen LogP contribution in [-0.4, -0.2) is 31.5 Å². The Bertz CT molecular complexity index is 327. The van der Waals surface area contributed by atoms with Gasteiger partial charge in [0.2, 0.25) is 0 Å². The van der Waals surface area contributed by atoms with E-state index in [1.807, 2.05) is 6.92 Å². The Morgan fingerprint density at radius 2 is 2.18 bits per heavy atom. The van der Waals surface area contributed by atoms with Crippen LogP contribution in [0.1, 0.15) is 13.3 Å². The van der Waals surface area contributed by atoms with Crippen molar-refractivity contribution in [2.45, 2.75) is 31.7 Å². The van der Waals surface area contributed by atoms with Gasteiger partial charge in [0.05, 0.1) is 18.3 Å². The van der Waals surface area contributed by atoms with Crippen molar-refractivity contribution >= 4 is 0 Å². The molecule has 1 fully saturated rings. The molecule has 0 bridgehead atoms. The van der Waals surface area contributed by atoms with E-state index in [0.717, 1.165) is 6.08 Å². The largest absolute Gasteiger partial charge is 0.416 e. The van der Waals surface area contributed by atoms with Gasteiger partial charge in [-0.3, -0.25) is 0 Å². The van der Waals surface area contributed by atoms with E-state index in [-0.39, 0.29) is 18.1 Å². The zero-order valence-corrected chi connectivity index (χ0v) is 9.63. The molecule has 2 aliphatic rings. The predicted octanol–water partition coefficient (Wildman–Crippen LogP) is 2.43. The van der Waals surface area contributed by atoms with Gasteiger partial charge in [-0.25, -0.2) is 0 Å². The van der Waals surface area contributed by atoms with E-state index in [4.69, 9.17) is 4.74 Å². The third-order valence-electron chi connectivity index (χ3n) is 3.13. The minimum Gasteiger partial charge on any atom is -0.375 e. The molecular formula is C12H16F3NO. The van der Waals surface area contributed by atoms with Gasteiger partial charge in [0.15, 0.2) is 0 Å². The number of halogens is 3. The van der Waals surface area contributed by atoms with Crippen molar-refractivity contribution in [3.63, 3.8) is 0 Å². The van der Waals surface area contributed by atoms with Crippen LogP contribution in [0.4, 0.5) is 13.2 Å². The molecule has 0 saturated carbocycles. The molecular weight excluding hydrogens is 231 g/mol. The van der Waals surface area contributed by atoms with Gasteiger partial charge in [-0.15, -0.1) is 0 Å². The van der Waals surface area contributed by atoms with Gasteiger partial charge in [0.1, 0.15) is 0 Å². The van der Waals surface area contributed by atoms with Crippen molar-refractivity contribution in [1.82, 2.24) is 5.32 Å². The molecule has 0 aromatic heterocycles. The number of nitrogens with one attached hydrogen (secondary N) is 1. The summed E-state index contributed by atoms with van der Waals surface area (Å²) < 4.78 is 43.3. The van der Waals surface area contributed by atoms with Crippen LogP contribution in [0.5, 0.6) is 0 Å².